The van der Waals surface area contributed by atoms with E-state index in [1.54, 1.807) is 11.3 Å². The average molecular weight is 381 g/mol. The Morgan fingerprint density at radius 1 is 1.41 bits per heavy atom. The van der Waals surface area contributed by atoms with Crippen molar-refractivity contribution in [3.63, 3.8) is 0 Å². The van der Waals surface area contributed by atoms with Crippen LogP contribution in [0.3, 0.4) is 0 Å². The van der Waals surface area contributed by atoms with Gasteiger partial charge in [0.15, 0.2) is 5.96 Å². The van der Waals surface area contributed by atoms with Crippen molar-refractivity contribution in [1.82, 2.24) is 15.2 Å². The molecule has 4 nitrogen and oxygen atoms in total. The molecule has 1 heterocycles. The van der Waals surface area contributed by atoms with Crippen LogP contribution in [0.15, 0.2) is 39.2 Å². The second-order valence-corrected chi connectivity index (χ2v) is 6.77. The van der Waals surface area contributed by atoms with E-state index in [0.717, 1.165) is 29.2 Å². The number of halogens is 1. The molecule has 22 heavy (non-hydrogen) atoms. The first-order chi connectivity index (χ1) is 10.6. The van der Waals surface area contributed by atoms with Gasteiger partial charge in [-0.15, -0.1) is 11.3 Å². The molecule has 0 aliphatic heterocycles. The fourth-order valence-electron chi connectivity index (χ4n) is 2.05. The lowest BCUT2D eigenvalue weighted by atomic mass is 10.2. The van der Waals surface area contributed by atoms with Crippen molar-refractivity contribution >= 4 is 33.2 Å². The molecule has 1 aromatic carbocycles. The Kier molecular flexibility index (Phi) is 6.39. The third-order valence-corrected chi connectivity index (χ3v) is 4.97. The molecule has 1 aromatic heterocycles. The Bertz CT molecular complexity index is 639. The highest BCUT2D eigenvalue weighted by molar-refractivity contribution is 9.10. The molecule has 0 spiro atoms. The van der Waals surface area contributed by atoms with E-state index in [0.29, 0.717) is 6.54 Å². The molecule has 6 heteroatoms. The Morgan fingerprint density at radius 3 is 2.82 bits per heavy atom. The second kappa shape index (κ2) is 8.29. The zero-order chi connectivity index (χ0) is 15.9. The van der Waals surface area contributed by atoms with Crippen LogP contribution in [0, 0.1) is 6.92 Å². The van der Waals surface area contributed by atoms with Gasteiger partial charge in [-0.2, -0.15) is 0 Å². The quantitative estimate of drug-likeness (QED) is 0.633. The zero-order valence-electron chi connectivity index (χ0n) is 13.1. The van der Waals surface area contributed by atoms with Gasteiger partial charge < -0.3 is 10.2 Å². The van der Waals surface area contributed by atoms with E-state index in [2.05, 4.69) is 63.3 Å². The minimum atomic E-state index is 0.666. The molecule has 0 fully saturated rings. The second-order valence-electron chi connectivity index (χ2n) is 4.98. The van der Waals surface area contributed by atoms with Gasteiger partial charge in [-0.3, -0.25) is 0 Å². The third kappa shape index (κ3) is 4.55. The number of thiazole rings is 1. The number of aliphatic imine (C=N–C) groups is 1. The third-order valence-electron chi connectivity index (χ3n) is 3.28. The first-order valence-electron chi connectivity index (χ1n) is 7.23. The van der Waals surface area contributed by atoms with Crippen LogP contribution in [-0.4, -0.2) is 29.4 Å². The minimum absolute atomic E-state index is 0.666. The summed E-state index contributed by atoms with van der Waals surface area (Å²) in [7, 11) is 2.06. The molecule has 0 amide bonds. The number of nitrogens with one attached hydrogen (secondary N) is 1. The van der Waals surface area contributed by atoms with E-state index >= 15 is 0 Å². The summed E-state index contributed by atoms with van der Waals surface area (Å²) in [5.41, 5.74) is 4.18. The maximum atomic E-state index is 4.73. The molecule has 1 N–H and O–H groups in total. The largest absolute Gasteiger partial charge is 0.357 e. The lowest BCUT2D eigenvalue weighted by Crippen LogP contribution is -2.38. The molecule has 2 aromatic rings. The maximum absolute atomic E-state index is 4.73. The molecule has 0 radical (unpaired) electrons. The van der Waals surface area contributed by atoms with Crippen molar-refractivity contribution in [2.75, 3.05) is 13.6 Å². The zero-order valence-corrected chi connectivity index (χ0v) is 15.5. The molecule has 118 valence electrons. The smallest absolute Gasteiger partial charge is 0.194 e. The number of rotatable bonds is 5. The Morgan fingerprint density at radius 2 is 2.18 bits per heavy atom. The summed E-state index contributed by atoms with van der Waals surface area (Å²) in [6.45, 7) is 6.42. The van der Waals surface area contributed by atoms with E-state index in [-0.39, 0.29) is 0 Å². The van der Waals surface area contributed by atoms with Crippen LogP contribution in [0.25, 0.3) is 0 Å². The van der Waals surface area contributed by atoms with Gasteiger partial charge in [-0.25, -0.2) is 9.98 Å². The number of aromatic nitrogens is 1. The summed E-state index contributed by atoms with van der Waals surface area (Å²) >= 11 is 5.26. The lowest BCUT2D eigenvalue weighted by molar-refractivity contribution is 0.476. The normalized spacial score (nSPS) is 11.5. The van der Waals surface area contributed by atoms with E-state index in [4.69, 9.17) is 4.99 Å². The average Bonchev–Trinajstić information content (AvgIpc) is 2.91. The molecule has 0 saturated carbocycles. The van der Waals surface area contributed by atoms with Gasteiger partial charge in [0.05, 0.1) is 17.7 Å². The van der Waals surface area contributed by atoms with E-state index in [1.807, 2.05) is 18.5 Å². The summed E-state index contributed by atoms with van der Waals surface area (Å²) < 4.78 is 1.12. The summed E-state index contributed by atoms with van der Waals surface area (Å²) in [5.74, 6) is 0.908. The van der Waals surface area contributed by atoms with Crippen molar-refractivity contribution in [3.05, 3.63) is 50.4 Å². The first-order valence-corrected chi connectivity index (χ1v) is 8.91. The molecule has 0 aliphatic carbocycles. The highest BCUT2D eigenvalue weighted by atomic mass is 79.9. The van der Waals surface area contributed by atoms with Crippen molar-refractivity contribution in [2.45, 2.75) is 26.9 Å². The van der Waals surface area contributed by atoms with Gasteiger partial charge >= 0.3 is 0 Å². The monoisotopic (exact) mass is 380 g/mol. The van der Waals surface area contributed by atoms with Crippen molar-refractivity contribution in [1.29, 1.82) is 0 Å². The van der Waals surface area contributed by atoms with Crippen LogP contribution in [0.4, 0.5) is 0 Å². The number of nitrogens with zero attached hydrogens (tertiary/aromatic N) is 3. The van der Waals surface area contributed by atoms with Crippen molar-refractivity contribution < 1.29 is 0 Å². The number of hydrogen-bond donors (Lipinski definition) is 1. The molecule has 0 atom stereocenters. The van der Waals surface area contributed by atoms with Gasteiger partial charge in [0.1, 0.15) is 0 Å². The molecule has 0 aliphatic rings. The van der Waals surface area contributed by atoms with Crippen LogP contribution in [-0.2, 0) is 13.1 Å². The SMILES string of the molecule is CCNC(=NCc1scnc1C)N(C)Cc1ccccc1Br. The minimum Gasteiger partial charge on any atom is -0.357 e. The fraction of sp³-hybridized carbons (Fsp3) is 0.375. The van der Waals surface area contributed by atoms with Crippen LogP contribution in [0.1, 0.15) is 23.1 Å². The summed E-state index contributed by atoms with van der Waals surface area (Å²) in [5, 5.41) is 3.35. The lowest BCUT2D eigenvalue weighted by Gasteiger charge is -2.22. The predicted molar refractivity (Wildman–Crippen MR) is 97.3 cm³/mol. The highest BCUT2D eigenvalue weighted by Crippen LogP contribution is 2.18. The Hall–Kier alpha value is -1.40. The number of hydrogen-bond acceptors (Lipinski definition) is 3. The van der Waals surface area contributed by atoms with E-state index < -0.39 is 0 Å². The summed E-state index contributed by atoms with van der Waals surface area (Å²) in [6, 6.07) is 8.27. The maximum Gasteiger partial charge on any atom is 0.194 e. The van der Waals surface area contributed by atoms with Gasteiger partial charge in [0.2, 0.25) is 0 Å². The molecule has 0 saturated heterocycles. The summed E-state index contributed by atoms with van der Waals surface area (Å²) in [6.07, 6.45) is 0. The first kappa shape index (κ1) is 17.0. The van der Waals surface area contributed by atoms with Crippen LogP contribution < -0.4 is 5.32 Å². The molecule has 2 rings (SSSR count). The molecular weight excluding hydrogens is 360 g/mol. The number of benzene rings is 1. The number of guanidine groups is 1. The number of aryl methyl sites for hydroxylation is 1. The van der Waals surface area contributed by atoms with Gasteiger partial charge in [0.25, 0.3) is 0 Å². The molecule has 0 bridgehead atoms. The van der Waals surface area contributed by atoms with Crippen LogP contribution >= 0.6 is 27.3 Å². The fourth-order valence-corrected chi connectivity index (χ4v) is 3.16. The highest BCUT2D eigenvalue weighted by Gasteiger charge is 2.09. The predicted octanol–water partition coefficient (Wildman–Crippen LogP) is 3.81. The Labute approximate surface area is 144 Å². The molecule has 0 unspecified atom stereocenters. The van der Waals surface area contributed by atoms with E-state index in [9.17, 15) is 0 Å². The Balaban J connectivity index is 2.09. The van der Waals surface area contributed by atoms with E-state index in [1.165, 1.54) is 10.4 Å². The van der Waals surface area contributed by atoms with Crippen LogP contribution in [0.2, 0.25) is 0 Å². The van der Waals surface area contributed by atoms with Gasteiger partial charge in [-0.1, -0.05) is 34.1 Å². The van der Waals surface area contributed by atoms with Crippen molar-refractivity contribution in [3.8, 4) is 0 Å². The van der Waals surface area contributed by atoms with Crippen molar-refractivity contribution in [2.24, 2.45) is 4.99 Å². The molecular formula is C16H21BrN4S. The van der Waals surface area contributed by atoms with Gasteiger partial charge in [0, 0.05) is 29.5 Å². The summed E-state index contributed by atoms with van der Waals surface area (Å²) in [4.78, 5) is 12.4. The van der Waals surface area contributed by atoms with Crippen LogP contribution in [0.5, 0.6) is 0 Å². The standard InChI is InChI=1S/C16H21BrN4S/c1-4-18-16(19-9-15-12(2)20-11-22-15)21(3)10-13-7-5-6-8-14(13)17/h5-8,11H,4,9-10H2,1-3H3,(H,18,19). The topological polar surface area (TPSA) is 40.5 Å². The van der Waals surface area contributed by atoms with Gasteiger partial charge in [-0.05, 0) is 25.5 Å².